The number of hydrogen-bond acceptors (Lipinski definition) is 2. The number of urea groups is 1. The molecule has 23 heavy (non-hydrogen) atoms. The van der Waals surface area contributed by atoms with E-state index in [1.165, 1.54) is 5.69 Å². The maximum Gasteiger partial charge on any atom is 0.315 e. The van der Waals surface area contributed by atoms with Crippen molar-refractivity contribution in [1.29, 1.82) is 0 Å². The van der Waals surface area contributed by atoms with E-state index in [0.29, 0.717) is 0 Å². The van der Waals surface area contributed by atoms with Gasteiger partial charge in [-0.15, -0.1) is 0 Å². The zero-order chi connectivity index (χ0) is 16.7. The molecule has 0 radical (unpaired) electrons. The second-order valence-corrected chi connectivity index (χ2v) is 5.81. The lowest BCUT2D eigenvalue weighted by molar-refractivity contribution is 0.214. The molecule has 2 amide bonds. The number of aromatic nitrogens is 1. The van der Waals surface area contributed by atoms with Gasteiger partial charge in [0.05, 0.1) is 12.6 Å². The zero-order valence-corrected chi connectivity index (χ0v) is 13.7. The van der Waals surface area contributed by atoms with Crippen LogP contribution in [0, 0.1) is 0 Å². The normalized spacial score (nSPS) is 13.3. The van der Waals surface area contributed by atoms with E-state index in [9.17, 15) is 9.90 Å². The topological polar surface area (TPSA) is 66.3 Å². The quantitative estimate of drug-likeness (QED) is 0.734. The monoisotopic (exact) mass is 315 g/mol. The maximum atomic E-state index is 12.1. The molecule has 0 saturated carbocycles. The second kappa shape index (κ2) is 8.39. The van der Waals surface area contributed by atoms with Crippen molar-refractivity contribution in [3.63, 3.8) is 0 Å². The molecular formula is C18H25N3O2. The predicted octanol–water partition coefficient (Wildman–Crippen LogP) is 2.38. The fraction of sp³-hybridized carbons (Fsp3) is 0.389. The largest absolute Gasteiger partial charge is 0.394 e. The number of nitrogens with zero attached hydrogens (tertiary/aromatic N) is 1. The van der Waals surface area contributed by atoms with Crippen LogP contribution in [0.1, 0.15) is 30.6 Å². The van der Waals surface area contributed by atoms with E-state index < -0.39 is 6.04 Å². The van der Waals surface area contributed by atoms with Crippen LogP contribution in [0.2, 0.25) is 0 Å². The summed E-state index contributed by atoms with van der Waals surface area (Å²) in [5, 5.41) is 15.2. The second-order valence-electron chi connectivity index (χ2n) is 5.81. The third-order valence-electron chi connectivity index (χ3n) is 3.95. The third kappa shape index (κ3) is 5.14. The summed E-state index contributed by atoms with van der Waals surface area (Å²) in [5.41, 5.74) is 2.14. The van der Waals surface area contributed by atoms with Crippen LogP contribution < -0.4 is 10.6 Å². The first-order valence-electron chi connectivity index (χ1n) is 7.93. The number of aliphatic hydroxyl groups is 1. The Labute approximate surface area is 137 Å². The van der Waals surface area contributed by atoms with E-state index in [-0.39, 0.29) is 18.7 Å². The predicted molar refractivity (Wildman–Crippen MR) is 91.1 cm³/mol. The highest BCUT2D eigenvalue weighted by Gasteiger charge is 2.14. The minimum Gasteiger partial charge on any atom is -0.394 e. The molecule has 1 aromatic heterocycles. The molecule has 5 nitrogen and oxygen atoms in total. The van der Waals surface area contributed by atoms with Crippen LogP contribution in [0.3, 0.4) is 0 Å². The van der Waals surface area contributed by atoms with Crippen molar-refractivity contribution in [2.45, 2.75) is 31.8 Å². The smallest absolute Gasteiger partial charge is 0.315 e. The number of rotatable bonds is 7. The fourth-order valence-electron chi connectivity index (χ4n) is 2.54. The number of benzene rings is 1. The van der Waals surface area contributed by atoms with Crippen LogP contribution in [0.4, 0.5) is 4.79 Å². The summed E-state index contributed by atoms with van der Waals surface area (Å²) in [6.45, 7) is 1.86. The Morgan fingerprint density at radius 1 is 1.17 bits per heavy atom. The van der Waals surface area contributed by atoms with Crippen LogP contribution in [0.5, 0.6) is 0 Å². The van der Waals surface area contributed by atoms with Crippen molar-refractivity contribution >= 4 is 6.03 Å². The van der Waals surface area contributed by atoms with Crippen molar-refractivity contribution in [2.75, 3.05) is 6.61 Å². The average Bonchev–Trinajstić information content (AvgIpc) is 2.96. The standard InChI is InChI=1S/C18H25N3O2/c1-14(10-11-16-9-6-12-21(16)2)19-18(23)20-17(13-22)15-7-4-3-5-8-15/h3-9,12,14,17,22H,10-11,13H2,1-2H3,(H2,19,20,23). The van der Waals surface area contributed by atoms with Gasteiger partial charge in [0.1, 0.15) is 0 Å². The summed E-state index contributed by atoms with van der Waals surface area (Å²) in [6, 6.07) is 13.0. The Hall–Kier alpha value is -2.27. The highest BCUT2D eigenvalue weighted by Crippen LogP contribution is 2.11. The Morgan fingerprint density at radius 3 is 2.52 bits per heavy atom. The molecule has 1 aromatic carbocycles. The van der Waals surface area contributed by atoms with Gasteiger partial charge < -0.3 is 20.3 Å². The number of carbonyl (C=O) groups excluding carboxylic acids is 1. The highest BCUT2D eigenvalue weighted by molar-refractivity contribution is 5.74. The van der Waals surface area contributed by atoms with Gasteiger partial charge in [-0.2, -0.15) is 0 Å². The van der Waals surface area contributed by atoms with Crippen LogP contribution in [-0.4, -0.2) is 28.4 Å². The van der Waals surface area contributed by atoms with Crippen molar-refractivity contribution in [1.82, 2.24) is 15.2 Å². The van der Waals surface area contributed by atoms with Gasteiger partial charge in [0.15, 0.2) is 0 Å². The van der Waals surface area contributed by atoms with Gasteiger partial charge in [0, 0.05) is 25.0 Å². The number of aryl methyl sites for hydroxylation is 2. The molecule has 0 aliphatic carbocycles. The molecule has 0 bridgehead atoms. The number of amides is 2. The molecule has 0 aliphatic heterocycles. The van der Waals surface area contributed by atoms with Gasteiger partial charge in [0.2, 0.25) is 0 Å². The van der Waals surface area contributed by atoms with E-state index in [4.69, 9.17) is 0 Å². The Balaban J connectivity index is 1.80. The van der Waals surface area contributed by atoms with Crippen LogP contribution >= 0.6 is 0 Å². The summed E-state index contributed by atoms with van der Waals surface area (Å²) in [4.78, 5) is 12.1. The lowest BCUT2D eigenvalue weighted by Gasteiger charge is -2.20. The van der Waals surface area contributed by atoms with E-state index in [1.54, 1.807) is 0 Å². The van der Waals surface area contributed by atoms with Crippen molar-refractivity contribution in [3.8, 4) is 0 Å². The highest BCUT2D eigenvalue weighted by atomic mass is 16.3. The summed E-state index contributed by atoms with van der Waals surface area (Å²) in [6.07, 6.45) is 3.79. The molecule has 3 N–H and O–H groups in total. The summed E-state index contributed by atoms with van der Waals surface area (Å²) >= 11 is 0. The Bertz CT molecular complexity index is 610. The van der Waals surface area contributed by atoms with Crippen molar-refractivity contribution in [2.24, 2.45) is 7.05 Å². The van der Waals surface area contributed by atoms with E-state index in [0.717, 1.165) is 18.4 Å². The SMILES string of the molecule is CC(CCc1cccn1C)NC(=O)NC(CO)c1ccccc1. The molecule has 2 rings (SSSR count). The molecule has 1 heterocycles. The molecule has 124 valence electrons. The minimum atomic E-state index is -0.392. The van der Waals surface area contributed by atoms with Crippen LogP contribution in [-0.2, 0) is 13.5 Å². The molecular weight excluding hydrogens is 290 g/mol. The summed E-state index contributed by atoms with van der Waals surface area (Å²) in [5.74, 6) is 0. The van der Waals surface area contributed by atoms with Gasteiger partial charge in [0.25, 0.3) is 0 Å². The molecule has 2 aromatic rings. The fourth-order valence-corrected chi connectivity index (χ4v) is 2.54. The first kappa shape index (κ1) is 17.1. The summed E-state index contributed by atoms with van der Waals surface area (Å²) < 4.78 is 2.09. The van der Waals surface area contributed by atoms with Gasteiger partial charge in [-0.25, -0.2) is 4.79 Å². The first-order chi connectivity index (χ1) is 11.1. The number of hydrogen-bond donors (Lipinski definition) is 3. The average molecular weight is 315 g/mol. The lowest BCUT2D eigenvalue weighted by atomic mass is 10.1. The molecule has 2 atom stereocenters. The lowest BCUT2D eigenvalue weighted by Crippen LogP contribution is -2.43. The van der Waals surface area contributed by atoms with Gasteiger partial charge in [-0.1, -0.05) is 30.3 Å². The summed E-state index contributed by atoms with van der Waals surface area (Å²) in [7, 11) is 2.02. The molecule has 0 aliphatic rings. The molecule has 5 heteroatoms. The van der Waals surface area contributed by atoms with Gasteiger partial charge in [-0.05, 0) is 37.5 Å². The van der Waals surface area contributed by atoms with E-state index in [2.05, 4.69) is 21.3 Å². The maximum absolute atomic E-state index is 12.1. The first-order valence-corrected chi connectivity index (χ1v) is 7.93. The van der Waals surface area contributed by atoms with Crippen molar-refractivity contribution in [3.05, 3.63) is 59.9 Å². The van der Waals surface area contributed by atoms with E-state index in [1.807, 2.05) is 56.6 Å². The van der Waals surface area contributed by atoms with Gasteiger partial charge in [-0.3, -0.25) is 0 Å². The molecule has 0 spiro atoms. The third-order valence-corrected chi connectivity index (χ3v) is 3.95. The number of carbonyl (C=O) groups is 1. The van der Waals surface area contributed by atoms with Crippen LogP contribution in [0.25, 0.3) is 0 Å². The van der Waals surface area contributed by atoms with Crippen LogP contribution in [0.15, 0.2) is 48.7 Å². The molecule has 0 fully saturated rings. The Kier molecular flexibility index (Phi) is 6.23. The molecule has 2 unspecified atom stereocenters. The number of nitrogens with one attached hydrogen (secondary N) is 2. The van der Waals surface area contributed by atoms with Crippen molar-refractivity contribution < 1.29 is 9.90 Å². The zero-order valence-electron chi connectivity index (χ0n) is 13.7. The number of aliphatic hydroxyl groups excluding tert-OH is 1. The minimum absolute atomic E-state index is 0.0556. The molecule has 0 saturated heterocycles. The Morgan fingerprint density at radius 2 is 1.91 bits per heavy atom. The van der Waals surface area contributed by atoms with Gasteiger partial charge >= 0.3 is 6.03 Å². The van der Waals surface area contributed by atoms with E-state index >= 15 is 0 Å².